The minimum atomic E-state index is -0.0483. The highest BCUT2D eigenvalue weighted by atomic mass is 16.2. The van der Waals surface area contributed by atoms with Crippen molar-refractivity contribution >= 4 is 5.78 Å². The van der Waals surface area contributed by atoms with Crippen molar-refractivity contribution in [2.24, 2.45) is 0 Å². The number of rotatable bonds is 4. The van der Waals surface area contributed by atoms with E-state index in [4.69, 9.17) is 0 Å². The van der Waals surface area contributed by atoms with Crippen LogP contribution in [0.5, 0.6) is 0 Å². The molecule has 0 fully saturated rings. The molecule has 0 heterocycles. The van der Waals surface area contributed by atoms with Crippen LogP contribution in [-0.4, -0.2) is 12.4 Å². The van der Waals surface area contributed by atoms with E-state index in [1.165, 1.54) is 0 Å². The Hall–Kier alpha value is -0.370. The summed E-state index contributed by atoms with van der Waals surface area (Å²) in [5, 5.41) is 9.80. The SMILES string of the molecule is CC(=O)CCCC[O]. The molecule has 0 bridgehead atoms. The summed E-state index contributed by atoms with van der Waals surface area (Å²) in [6.07, 6.45) is 1.97. The van der Waals surface area contributed by atoms with Gasteiger partial charge in [-0.1, -0.05) is 0 Å². The van der Waals surface area contributed by atoms with Crippen LogP contribution in [0.15, 0.2) is 0 Å². The molecule has 47 valence electrons. The third kappa shape index (κ3) is 5.63. The van der Waals surface area contributed by atoms with E-state index in [0.717, 1.165) is 6.42 Å². The summed E-state index contributed by atoms with van der Waals surface area (Å²) >= 11 is 0. The maximum absolute atomic E-state index is 10.2. The molecule has 0 saturated carbocycles. The van der Waals surface area contributed by atoms with Crippen LogP contribution in [0.3, 0.4) is 0 Å². The van der Waals surface area contributed by atoms with Crippen LogP contribution in [0, 0.1) is 0 Å². The fourth-order valence-corrected chi connectivity index (χ4v) is 0.476. The molecule has 2 heteroatoms. The van der Waals surface area contributed by atoms with Crippen LogP contribution in [0.2, 0.25) is 0 Å². The summed E-state index contributed by atoms with van der Waals surface area (Å²) in [7, 11) is 0. The molecule has 0 N–H and O–H groups in total. The molecule has 0 rings (SSSR count). The van der Waals surface area contributed by atoms with Gasteiger partial charge in [0.15, 0.2) is 0 Å². The van der Waals surface area contributed by atoms with E-state index in [-0.39, 0.29) is 12.4 Å². The highest BCUT2D eigenvalue weighted by molar-refractivity contribution is 5.75. The Bertz CT molecular complexity index is 68.9. The molecule has 0 aromatic heterocycles. The lowest BCUT2D eigenvalue weighted by atomic mass is 10.2. The number of hydrogen-bond acceptors (Lipinski definition) is 1. The Kier molecular flexibility index (Phi) is 4.56. The van der Waals surface area contributed by atoms with Gasteiger partial charge in [-0.05, 0) is 19.8 Å². The Labute approximate surface area is 49.5 Å². The van der Waals surface area contributed by atoms with Gasteiger partial charge in [-0.3, -0.25) is 0 Å². The summed E-state index contributed by atoms with van der Waals surface area (Å²) in [5.41, 5.74) is 0. The molecule has 0 aliphatic carbocycles. The van der Waals surface area contributed by atoms with Gasteiger partial charge in [-0.25, -0.2) is 5.11 Å². The largest absolute Gasteiger partial charge is 0.300 e. The zero-order valence-electron chi connectivity index (χ0n) is 5.14. The Morgan fingerprint density at radius 3 is 2.38 bits per heavy atom. The number of carbonyl (C=O) groups is 1. The average Bonchev–Trinajstić information content (AvgIpc) is 1.66. The Morgan fingerprint density at radius 2 is 2.00 bits per heavy atom. The molecule has 0 saturated heterocycles. The van der Waals surface area contributed by atoms with E-state index < -0.39 is 0 Å². The minimum absolute atomic E-state index is 0.0483. The molecule has 0 spiro atoms. The van der Waals surface area contributed by atoms with Crippen LogP contribution in [0.4, 0.5) is 0 Å². The van der Waals surface area contributed by atoms with E-state index >= 15 is 0 Å². The van der Waals surface area contributed by atoms with Crippen molar-refractivity contribution in [3.8, 4) is 0 Å². The molecule has 0 unspecified atom stereocenters. The standard InChI is InChI=1S/C6H11O2/c1-6(8)4-2-3-5-7/h2-5H2,1H3. The number of Topliss-reactive ketones (excluding diaryl/α,β-unsaturated/α-hetero) is 1. The fraction of sp³-hybridized carbons (Fsp3) is 0.833. The van der Waals surface area contributed by atoms with Gasteiger partial charge in [-0.15, -0.1) is 0 Å². The van der Waals surface area contributed by atoms with Crippen molar-refractivity contribution in [1.29, 1.82) is 0 Å². The smallest absolute Gasteiger partial charge is 0.129 e. The molecule has 0 amide bonds. The van der Waals surface area contributed by atoms with Gasteiger partial charge < -0.3 is 4.79 Å². The summed E-state index contributed by atoms with van der Waals surface area (Å²) in [4.78, 5) is 10.2. The van der Waals surface area contributed by atoms with Gasteiger partial charge >= 0.3 is 0 Å². The van der Waals surface area contributed by atoms with E-state index in [2.05, 4.69) is 0 Å². The van der Waals surface area contributed by atoms with Crippen molar-refractivity contribution in [2.75, 3.05) is 6.61 Å². The van der Waals surface area contributed by atoms with Crippen molar-refractivity contribution < 1.29 is 9.90 Å². The van der Waals surface area contributed by atoms with Crippen molar-refractivity contribution in [1.82, 2.24) is 0 Å². The normalized spacial score (nSPS) is 9.25. The van der Waals surface area contributed by atoms with E-state index in [0.29, 0.717) is 12.8 Å². The van der Waals surface area contributed by atoms with Gasteiger partial charge in [-0.2, -0.15) is 0 Å². The monoisotopic (exact) mass is 115 g/mol. The second-order valence-electron chi connectivity index (χ2n) is 1.86. The first-order valence-electron chi connectivity index (χ1n) is 2.85. The lowest BCUT2D eigenvalue weighted by Gasteiger charge is -1.89. The zero-order valence-corrected chi connectivity index (χ0v) is 5.14. The highest BCUT2D eigenvalue weighted by Gasteiger charge is 1.90. The molecule has 2 nitrogen and oxygen atoms in total. The Morgan fingerprint density at radius 1 is 1.38 bits per heavy atom. The molecule has 0 aromatic rings. The third-order valence-electron chi connectivity index (χ3n) is 0.923. The maximum atomic E-state index is 10.2. The first kappa shape index (κ1) is 7.63. The number of unbranched alkanes of at least 4 members (excludes halogenated alkanes) is 1. The predicted molar refractivity (Wildman–Crippen MR) is 30.1 cm³/mol. The lowest BCUT2D eigenvalue weighted by molar-refractivity contribution is -0.117. The average molecular weight is 115 g/mol. The highest BCUT2D eigenvalue weighted by Crippen LogP contribution is 1.93. The summed E-state index contributed by atoms with van der Waals surface area (Å²) in [5.74, 6) is 0.179. The van der Waals surface area contributed by atoms with Gasteiger partial charge in [0.05, 0.1) is 6.61 Å². The van der Waals surface area contributed by atoms with E-state index in [1.807, 2.05) is 0 Å². The zero-order chi connectivity index (χ0) is 6.41. The van der Waals surface area contributed by atoms with Gasteiger partial charge in [0.2, 0.25) is 0 Å². The van der Waals surface area contributed by atoms with Crippen LogP contribution >= 0.6 is 0 Å². The third-order valence-corrected chi connectivity index (χ3v) is 0.923. The van der Waals surface area contributed by atoms with Gasteiger partial charge in [0.25, 0.3) is 0 Å². The topological polar surface area (TPSA) is 37.0 Å². The van der Waals surface area contributed by atoms with Crippen molar-refractivity contribution in [2.45, 2.75) is 26.2 Å². The minimum Gasteiger partial charge on any atom is -0.300 e. The van der Waals surface area contributed by atoms with E-state index in [1.54, 1.807) is 6.92 Å². The number of hydrogen-bond donors (Lipinski definition) is 0. The quantitative estimate of drug-likeness (QED) is 0.507. The molecule has 8 heavy (non-hydrogen) atoms. The molecule has 0 atom stereocenters. The van der Waals surface area contributed by atoms with Crippen LogP contribution in [0.25, 0.3) is 0 Å². The molecular formula is C6H11O2. The first-order valence-corrected chi connectivity index (χ1v) is 2.85. The number of carbonyl (C=O) groups excluding carboxylic acids is 1. The van der Waals surface area contributed by atoms with Crippen molar-refractivity contribution in [3.05, 3.63) is 0 Å². The molecule has 1 radical (unpaired) electrons. The lowest BCUT2D eigenvalue weighted by Crippen LogP contribution is -1.90. The fourth-order valence-electron chi connectivity index (χ4n) is 0.476. The second kappa shape index (κ2) is 4.78. The molecule has 0 aliphatic rings. The van der Waals surface area contributed by atoms with Gasteiger partial charge in [0, 0.05) is 6.42 Å². The summed E-state index contributed by atoms with van der Waals surface area (Å²) < 4.78 is 0. The summed E-state index contributed by atoms with van der Waals surface area (Å²) in [6, 6.07) is 0. The summed E-state index contributed by atoms with van der Waals surface area (Å²) in [6.45, 7) is 1.50. The van der Waals surface area contributed by atoms with E-state index in [9.17, 15) is 9.90 Å². The number of ketones is 1. The first-order chi connectivity index (χ1) is 3.77. The second-order valence-corrected chi connectivity index (χ2v) is 1.86. The molecular weight excluding hydrogens is 104 g/mol. The van der Waals surface area contributed by atoms with Crippen LogP contribution < -0.4 is 0 Å². The van der Waals surface area contributed by atoms with Crippen LogP contribution in [-0.2, 0) is 9.90 Å². The predicted octanol–water partition coefficient (Wildman–Crippen LogP) is 1.18. The Balaban J connectivity index is 2.82. The maximum Gasteiger partial charge on any atom is 0.129 e. The van der Waals surface area contributed by atoms with Crippen LogP contribution in [0.1, 0.15) is 26.2 Å². The molecule has 0 aromatic carbocycles. The van der Waals surface area contributed by atoms with Gasteiger partial charge in [0.1, 0.15) is 5.78 Å². The molecule has 0 aliphatic heterocycles. The van der Waals surface area contributed by atoms with Crippen molar-refractivity contribution in [3.63, 3.8) is 0 Å².